The second kappa shape index (κ2) is 5.21. The summed E-state index contributed by atoms with van der Waals surface area (Å²) in [6.45, 7) is 4.61. The molecule has 2 aromatic rings. The maximum absolute atomic E-state index is 10.7. The molecule has 2 aromatic carbocycles. The third kappa shape index (κ3) is 2.47. The number of hydrogen-bond donors (Lipinski definition) is 1. The molecule has 1 nitrogen and oxygen atoms in total. The van der Waals surface area contributed by atoms with E-state index in [1.54, 1.807) is 0 Å². The van der Waals surface area contributed by atoms with Crippen molar-refractivity contribution in [2.75, 3.05) is 0 Å². The predicted octanol–water partition coefficient (Wildman–Crippen LogP) is 4.57. The van der Waals surface area contributed by atoms with Gasteiger partial charge in [0.15, 0.2) is 0 Å². The number of rotatable bonds is 3. The molecule has 0 amide bonds. The van der Waals surface area contributed by atoms with Gasteiger partial charge in [0.25, 0.3) is 0 Å². The molecule has 0 aromatic heterocycles. The maximum atomic E-state index is 10.7. The van der Waals surface area contributed by atoms with Crippen LogP contribution in [0.15, 0.2) is 42.5 Å². The first-order valence-corrected chi connectivity index (χ1v) is 7.73. The first kappa shape index (κ1) is 13.6. The zero-order chi connectivity index (χ0) is 14.2. The smallest absolute Gasteiger partial charge is 0.0614 e. The summed E-state index contributed by atoms with van der Waals surface area (Å²) in [7, 11) is 0. The lowest BCUT2D eigenvalue weighted by atomic mass is 9.77. The van der Waals surface area contributed by atoms with E-state index >= 15 is 0 Å². The van der Waals surface area contributed by atoms with E-state index in [0.717, 1.165) is 6.42 Å². The van der Waals surface area contributed by atoms with Gasteiger partial charge in [-0.05, 0) is 46.9 Å². The van der Waals surface area contributed by atoms with Crippen LogP contribution < -0.4 is 0 Å². The minimum atomic E-state index is -0.224. The number of aliphatic hydroxyl groups excluding tert-OH is 1. The van der Waals surface area contributed by atoms with Crippen molar-refractivity contribution in [3.05, 3.63) is 48.0 Å². The highest BCUT2D eigenvalue weighted by atomic mass is 16.3. The van der Waals surface area contributed by atoms with Crippen molar-refractivity contribution in [3.8, 4) is 0 Å². The van der Waals surface area contributed by atoms with Crippen LogP contribution in [0.1, 0.15) is 38.7 Å². The lowest BCUT2D eigenvalue weighted by Crippen LogP contribution is -2.31. The molecular weight excluding hydrogens is 244 g/mol. The van der Waals surface area contributed by atoms with E-state index in [9.17, 15) is 5.11 Å². The van der Waals surface area contributed by atoms with Gasteiger partial charge in [0.1, 0.15) is 0 Å². The third-order valence-electron chi connectivity index (χ3n) is 5.11. The van der Waals surface area contributed by atoms with Crippen molar-refractivity contribution >= 4 is 10.8 Å². The Balaban J connectivity index is 1.86. The summed E-state index contributed by atoms with van der Waals surface area (Å²) in [6.07, 6.45) is 4.21. The van der Waals surface area contributed by atoms with Gasteiger partial charge in [0, 0.05) is 0 Å². The molecule has 1 N–H and O–H groups in total. The molecule has 2 atom stereocenters. The van der Waals surface area contributed by atoms with Crippen molar-refractivity contribution in [1.82, 2.24) is 0 Å². The normalized spacial score (nSPS) is 23.1. The first-order valence-electron chi connectivity index (χ1n) is 7.73. The Bertz CT molecular complexity index is 594. The topological polar surface area (TPSA) is 20.2 Å². The van der Waals surface area contributed by atoms with Crippen molar-refractivity contribution in [1.29, 1.82) is 0 Å². The Morgan fingerprint density at radius 2 is 1.90 bits per heavy atom. The van der Waals surface area contributed by atoms with Crippen LogP contribution in [-0.2, 0) is 6.42 Å². The molecule has 0 spiro atoms. The van der Waals surface area contributed by atoms with Crippen LogP contribution in [0.2, 0.25) is 0 Å². The van der Waals surface area contributed by atoms with Gasteiger partial charge in [-0.1, -0.05) is 62.7 Å². The minimum Gasteiger partial charge on any atom is -0.392 e. The molecule has 3 rings (SSSR count). The van der Waals surface area contributed by atoms with E-state index in [4.69, 9.17) is 0 Å². The molecule has 0 aliphatic heterocycles. The predicted molar refractivity (Wildman–Crippen MR) is 84.8 cm³/mol. The summed E-state index contributed by atoms with van der Waals surface area (Å²) in [6, 6.07) is 14.9. The van der Waals surface area contributed by atoms with Crippen molar-refractivity contribution < 1.29 is 5.11 Å². The minimum absolute atomic E-state index is 0.224. The Labute approximate surface area is 121 Å². The maximum Gasteiger partial charge on any atom is 0.0614 e. The molecular formula is C19H24O. The molecule has 1 saturated carbocycles. The zero-order valence-corrected chi connectivity index (χ0v) is 12.5. The first-order chi connectivity index (χ1) is 9.58. The second-order valence-electron chi connectivity index (χ2n) is 6.90. The van der Waals surface area contributed by atoms with Gasteiger partial charge in [-0.3, -0.25) is 0 Å². The van der Waals surface area contributed by atoms with Crippen molar-refractivity contribution in [2.45, 2.75) is 45.6 Å². The van der Waals surface area contributed by atoms with Gasteiger partial charge >= 0.3 is 0 Å². The largest absolute Gasteiger partial charge is 0.392 e. The fourth-order valence-corrected chi connectivity index (χ4v) is 3.90. The van der Waals surface area contributed by atoms with E-state index in [2.05, 4.69) is 56.3 Å². The van der Waals surface area contributed by atoms with Crippen molar-refractivity contribution in [2.24, 2.45) is 11.3 Å². The van der Waals surface area contributed by atoms with Crippen LogP contribution >= 0.6 is 0 Å². The van der Waals surface area contributed by atoms with E-state index in [-0.39, 0.29) is 11.5 Å². The van der Waals surface area contributed by atoms with Gasteiger partial charge in [-0.25, -0.2) is 0 Å². The number of fused-ring (bicyclic) bond motifs is 1. The van der Waals surface area contributed by atoms with Gasteiger partial charge in [0.05, 0.1) is 6.10 Å². The second-order valence-corrected chi connectivity index (χ2v) is 6.90. The Hall–Kier alpha value is -1.34. The van der Waals surface area contributed by atoms with E-state index in [0.29, 0.717) is 5.92 Å². The fraction of sp³-hybridized carbons (Fsp3) is 0.474. The van der Waals surface area contributed by atoms with Crippen LogP contribution in [0.4, 0.5) is 0 Å². The lowest BCUT2D eigenvalue weighted by molar-refractivity contribution is 0.0545. The highest BCUT2D eigenvalue weighted by Gasteiger charge is 2.38. The quantitative estimate of drug-likeness (QED) is 0.864. The summed E-state index contributed by atoms with van der Waals surface area (Å²) < 4.78 is 0. The summed E-state index contributed by atoms with van der Waals surface area (Å²) in [5.41, 5.74) is 1.56. The zero-order valence-electron chi connectivity index (χ0n) is 12.5. The van der Waals surface area contributed by atoms with Crippen LogP contribution in [0.25, 0.3) is 10.8 Å². The van der Waals surface area contributed by atoms with Gasteiger partial charge in [-0.15, -0.1) is 0 Å². The van der Waals surface area contributed by atoms with E-state index in [1.165, 1.54) is 35.6 Å². The molecule has 20 heavy (non-hydrogen) atoms. The molecule has 1 aliphatic rings. The summed E-state index contributed by atoms with van der Waals surface area (Å²) in [4.78, 5) is 0. The van der Waals surface area contributed by atoms with E-state index < -0.39 is 0 Å². The Morgan fingerprint density at radius 3 is 2.65 bits per heavy atom. The Morgan fingerprint density at radius 1 is 1.15 bits per heavy atom. The highest BCUT2D eigenvalue weighted by Crippen LogP contribution is 2.45. The average molecular weight is 268 g/mol. The van der Waals surface area contributed by atoms with Crippen LogP contribution in [-0.4, -0.2) is 11.2 Å². The highest BCUT2D eigenvalue weighted by molar-refractivity contribution is 5.85. The molecule has 0 bridgehead atoms. The molecule has 0 radical (unpaired) electrons. The third-order valence-corrected chi connectivity index (χ3v) is 5.11. The SMILES string of the molecule is CC1(C)CCCC1C(O)Cc1cccc2ccccc12. The van der Waals surface area contributed by atoms with Gasteiger partial charge in [0.2, 0.25) is 0 Å². The lowest BCUT2D eigenvalue weighted by Gasteiger charge is -2.31. The van der Waals surface area contributed by atoms with Gasteiger partial charge < -0.3 is 5.11 Å². The number of hydrogen-bond acceptors (Lipinski definition) is 1. The summed E-state index contributed by atoms with van der Waals surface area (Å²) in [5.74, 6) is 0.432. The molecule has 1 aliphatic carbocycles. The summed E-state index contributed by atoms with van der Waals surface area (Å²) >= 11 is 0. The molecule has 2 unspecified atom stereocenters. The summed E-state index contributed by atoms with van der Waals surface area (Å²) in [5, 5.41) is 13.2. The Kier molecular flexibility index (Phi) is 3.55. The molecule has 1 fully saturated rings. The van der Waals surface area contributed by atoms with Crippen molar-refractivity contribution in [3.63, 3.8) is 0 Å². The molecule has 106 valence electrons. The fourth-order valence-electron chi connectivity index (χ4n) is 3.90. The number of aliphatic hydroxyl groups is 1. The van der Waals surface area contributed by atoms with E-state index in [1.807, 2.05) is 0 Å². The van der Waals surface area contributed by atoms with Crippen LogP contribution in [0.3, 0.4) is 0 Å². The number of benzene rings is 2. The van der Waals surface area contributed by atoms with Gasteiger partial charge in [-0.2, -0.15) is 0 Å². The molecule has 0 heterocycles. The average Bonchev–Trinajstić information content (AvgIpc) is 2.79. The standard InChI is InChI=1S/C19H24O/c1-19(2)12-6-11-17(19)18(20)13-15-9-5-8-14-7-3-4-10-16(14)15/h3-5,7-10,17-18,20H,6,11-13H2,1-2H3. The van der Waals surface area contributed by atoms with Crippen LogP contribution in [0.5, 0.6) is 0 Å². The monoisotopic (exact) mass is 268 g/mol. The van der Waals surface area contributed by atoms with Crippen LogP contribution in [0, 0.1) is 11.3 Å². The molecule has 0 saturated heterocycles. The molecule has 1 heteroatoms.